The summed E-state index contributed by atoms with van der Waals surface area (Å²) in [6.07, 6.45) is 0.729. The first-order valence-electron chi connectivity index (χ1n) is 10.6. The second-order valence-corrected chi connectivity index (χ2v) is 7.27. The summed E-state index contributed by atoms with van der Waals surface area (Å²) in [6.45, 7) is 4.96. The average molecular weight is 427 g/mol. The number of carbonyl (C=O) groups is 2. The Balaban J connectivity index is 1.39. The molecule has 2 aromatic carbocycles. The van der Waals surface area contributed by atoms with Crippen LogP contribution in [0.15, 0.2) is 48.5 Å². The third kappa shape index (κ3) is 6.38. The van der Waals surface area contributed by atoms with Gasteiger partial charge in [0.2, 0.25) is 0 Å². The van der Waals surface area contributed by atoms with E-state index in [2.05, 4.69) is 4.90 Å². The van der Waals surface area contributed by atoms with Crippen molar-refractivity contribution in [2.45, 2.75) is 19.8 Å². The summed E-state index contributed by atoms with van der Waals surface area (Å²) in [5, 5.41) is 0. The Morgan fingerprint density at radius 3 is 2.35 bits per heavy atom. The van der Waals surface area contributed by atoms with Crippen LogP contribution in [-0.2, 0) is 20.7 Å². The highest BCUT2D eigenvalue weighted by Gasteiger charge is 2.22. The van der Waals surface area contributed by atoms with Crippen LogP contribution in [0.3, 0.4) is 0 Å². The van der Waals surface area contributed by atoms with Crippen molar-refractivity contribution in [1.82, 2.24) is 4.90 Å². The van der Waals surface area contributed by atoms with E-state index in [-0.39, 0.29) is 24.9 Å². The van der Waals surface area contributed by atoms with Gasteiger partial charge in [0, 0.05) is 38.3 Å². The smallest absolute Gasteiger partial charge is 0.306 e. The van der Waals surface area contributed by atoms with Gasteiger partial charge in [-0.05, 0) is 49.2 Å². The Morgan fingerprint density at radius 2 is 1.68 bits per heavy atom. The molecule has 0 N–H and O–H groups in total. The number of rotatable bonds is 9. The van der Waals surface area contributed by atoms with Gasteiger partial charge in [-0.2, -0.15) is 0 Å². The first-order chi connectivity index (χ1) is 15.1. The van der Waals surface area contributed by atoms with Crippen LogP contribution < -0.4 is 14.4 Å². The second-order valence-electron chi connectivity index (χ2n) is 7.27. The van der Waals surface area contributed by atoms with E-state index in [9.17, 15) is 9.59 Å². The summed E-state index contributed by atoms with van der Waals surface area (Å²) in [7, 11) is 1.64. The fourth-order valence-electron chi connectivity index (χ4n) is 3.56. The number of esters is 1. The third-order valence-electron chi connectivity index (χ3n) is 5.30. The van der Waals surface area contributed by atoms with Gasteiger partial charge in [-0.1, -0.05) is 18.2 Å². The van der Waals surface area contributed by atoms with Crippen molar-refractivity contribution in [3.8, 4) is 11.5 Å². The molecule has 0 radical (unpaired) electrons. The van der Waals surface area contributed by atoms with E-state index in [4.69, 9.17) is 14.2 Å². The highest BCUT2D eigenvalue weighted by Crippen LogP contribution is 2.21. The van der Waals surface area contributed by atoms with Gasteiger partial charge < -0.3 is 24.0 Å². The molecule has 1 saturated heterocycles. The SMILES string of the molecule is CCOc1ccccc1CCC(=O)OCC(=O)N1CCN(c2ccc(OC)cc2)CC1. The van der Waals surface area contributed by atoms with Crippen molar-refractivity contribution < 1.29 is 23.8 Å². The predicted octanol–water partition coefficient (Wildman–Crippen LogP) is 2.92. The lowest BCUT2D eigenvalue weighted by atomic mass is 10.1. The van der Waals surface area contributed by atoms with E-state index in [0.717, 1.165) is 35.8 Å². The third-order valence-corrected chi connectivity index (χ3v) is 5.30. The van der Waals surface area contributed by atoms with Crippen LogP contribution in [0.2, 0.25) is 0 Å². The fraction of sp³-hybridized carbons (Fsp3) is 0.417. The largest absolute Gasteiger partial charge is 0.497 e. The van der Waals surface area contributed by atoms with Gasteiger partial charge in [0.25, 0.3) is 5.91 Å². The van der Waals surface area contributed by atoms with E-state index < -0.39 is 0 Å². The molecule has 31 heavy (non-hydrogen) atoms. The zero-order chi connectivity index (χ0) is 22.1. The molecule has 1 aliphatic rings. The Hall–Kier alpha value is -3.22. The maximum atomic E-state index is 12.4. The Kier molecular flexibility index (Phi) is 8.15. The van der Waals surface area contributed by atoms with Gasteiger partial charge in [0.15, 0.2) is 6.61 Å². The second kappa shape index (κ2) is 11.2. The van der Waals surface area contributed by atoms with E-state index in [1.807, 2.05) is 55.5 Å². The number of piperazine rings is 1. The quantitative estimate of drug-likeness (QED) is 0.575. The summed E-state index contributed by atoms with van der Waals surface area (Å²) in [5.41, 5.74) is 2.06. The summed E-state index contributed by atoms with van der Waals surface area (Å²) in [6, 6.07) is 15.5. The van der Waals surface area contributed by atoms with Gasteiger partial charge in [0.05, 0.1) is 13.7 Å². The van der Waals surface area contributed by atoms with Crippen LogP contribution in [0.1, 0.15) is 18.9 Å². The molecule has 1 amide bonds. The van der Waals surface area contributed by atoms with Crippen molar-refractivity contribution >= 4 is 17.6 Å². The molecule has 7 nitrogen and oxygen atoms in total. The molecule has 1 aliphatic heterocycles. The lowest BCUT2D eigenvalue weighted by molar-refractivity contribution is -0.152. The highest BCUT2D eigenvalue weighted by atomic mass is 16.5. The van der Waals surface area contributed by atoms with E-state index in [1.165, 1.54) is 0 Å². The molecular weight excluding hydrogens is 396 g/mol. The van der Waals surface area contributed by atoms with Crippen molar-refractivity contribution in [3.05, 3.63) is 54.1 Å². The molecule has 3 rings (SSSR count). The number of methoxy groups -OCH3 is 1. The minimum absolute atomic E-state index is 0.155. The van der Waals surface area contributed by atoms with Gasteiger partial charge in [0.1, 0.15) is 11.5 Å². The molecule has 2 aromatic rings. The molecule has 0 bridgehead atoms. The minimum Gasteiger partial charge on any atom is -0.497 e. The highest BCUT2D eigenvalue weighted by molar-refractivity contribution is 5.81. The lowest BCUT2D eigenvalue weighted by Crippen LogP contribution is -2.49. The Bertz CT molecular complexity index is 861. The molecule has 0 saturated carbocycles. The molecule has 0 spiro atoms. The molecule has 0 atom stereocenters. The monoisotopic (exact) mass is 426 g/mol. The zero-order valence-electron chi connectivity index (χ0n) is 18.2. The van der Waals surface area contributed by atoms with Crippen LogP contribution in [-0.4, -0.2) is 63.3 Å². The van der Waals surface area contributed by atoms with Crippen molar-refractivity contribution in [2.24, 2.45) is 0 Å². The van der Waals surface area contributed by atoms with Crippen molar-refractivity contribution in [1.29, 1.82) is 0 Å². The summed E-state index contributed by atoms with van der Waals surface area (Å²) in [4.78, 5) is 28.5. The van der Waals surface area contributed by atoms with Crippen LogP contribution in [0.4, 0.5) is 5.69 Å². The fourth-order valence-corrected chi connectivity index (χ4v) is 3.56. The van der Waals surface area contributed by atoms with Crippen LogP contribution >= 0.6 is 0 Å². The number of hydrogen-bond acceptors (Lipinski definition) is 6. The number of para-hydroxylation sites is 1. The number of nitrogens with zero attached hydrogens (tertiary/aromatic N) is 2. The van der Waals surface area contributed by atoms with Crippen molar-refractivity contribution in [3.63, 3.8) is 0 Å². The number of carbonyl (C=O) groups excluding carboxylic acids is 2. The van der Waals surface area contributed by atoms with Crippen LogP contribution in [0.5, 0.6) is 11.5 Å². The summed E-state index contributed by atoms with van der Waals surface area (Å²) >= 11 is 0. The molecular formula is C24H30N2O5. The Labute approximate surface area is 183 Å². The topological polar surface area (TPSA) is 68.3 Å². The van der Waals surface area contributed by atoms with E-state index in [0.29, 0.717) is 26.1 Å². The normalized spacial score (nSPS) is 13.6. The molecule has 0 aromatic heterocycles. The van der Waals surface area contributed by atoms with Gasteiger partial charge in [-0.3, -0.25) is 9.59 Å². The maximum Gasteiger partial charge on any atom is 0.306 e. The van der Waals surface area contributed by atoms with Crippen LogP contribution in [0, 0.1) is 0 Å². The van der Waals surface area contributed by atoms with Gasteiger partial charge in [-0.25, -0.2) is 0 Å². The first kappa shape index (κ1) is 22.5. The van der Waals surface area contributed by atoms with Gasteiger partial charge in [-0.15, -0.1) is 0 Å². The summed E-state index contributed by atoms with van der Waals surface area (Å²) in [5.74, 6) is 1.07. The van der Waals surface area contributed by atoms with Gasteiger partial charge >= 0.3 is 5.97 Å². The molecule has 0 aliphatic carbocycles. The van der Waals surface area contributed by atoms with E-state index in [1.54, 1.807) is 12.0 Å². The average Bonchev–Trinajstić information content (AvgIpc) is 2.82. The number of anilines is 1. The first-order valence-corrected chi connectivity index (χ1v) is 10.6. The predicted molar refractivity (Wildman–Crippen MR) is 119 cm³/mol. The number of ether oxygens (including phenoxy) is 3. The number of amides is 1. The molecule has 166 valence electrons. The maximum absolute atomic E-state index is 12.4. The number of aryl methyl sites for hydroxylation is 1. The standard InChI is InChI=1S/C24H30N2O5/c1-3-30-22-7-5-4-6-19(22)8-13-24(28)31-18-23(27)26-16-14-25(15-17-26)20-9-11-21(29-2)12-10-20/h4-7,9-12H,3,8,13-18H2,1-2H3. The minimum atomic E-state index is -0.378. The lowest BCUT2D eigenvalue weighted by Gasteiger charge is -2.36. The number of benzene rings is 2. The number of hydrogen-bond donors (Lipinski definition) is 0. The van der Waals surface area contributed by atoms with Crippen molar-refractivity contribution in [2.75, 3.05) is 51.4 Å². The zero-order valence-corrected chi connectivity index (χ0v) is 18.2. The molecule has 0 unspecified atom stereocenters. The molecule has 1 fully saturated rings. The molecule has 1 heterocycles. The summed E-state index contributed by atoms with van der Waals surface area (Å²) < 4.78 is 16.0. The molecule has 7 heteroatoms. The Morgan fingerprint density at radius 1 is 0.968 bits per heavy atom. The van der Waals surface area contributed by atoms with Crippen LogP contribution in [0.25, 0.3) is 0 Å². The van der Waals surface area contributed by atoms with E-state index >= 15 is 0 Å².